The van der Waals surface area contributed by atoms with Crippen LogP contribution in [0.5, 0.6) is 5.75 Å². The molecule has 1 unspecified atom stereocenters. The molecule has 146 valence electrons. The van der Waals surface area contributed by atoms with Crippen LogP contribution in [0.3, 0.4) is 0 Å². The maximum Gasteiger partial charge on any atom is 0.248 e. The number of nitrogens with zero attached hydrogens (tertiary/aromatic N) is 1. The number of sulfonamides is 1. The molecule has 6 nitrogen and oxygen atoms in total. The van der Waals surface area contributed by atoms with Gasteiger partial charge in [-0.2, -0.15) is 0 Å². The Hall–Kier alpha value is -2.25. The molecule has 0 aliphatic rings. The van der Waals surface area contributed by atoms with Gasteiger partial charge in [-0.15, -0.1) is 0 Å². The van der Waals surface area contributed by atoms with E-state index < -0.39 is 22.0 Å². The van der Waals surface area contributed by atoms with E-state index in [1.165, 1.54) is 6.92 Å². The monoisotopic (exact) mass is 410 g/mol. The molecule has 2 aromatic rings. The normalized spacial score (nSPS) is 12.3. The average Bonchev–Trinajstić information content (AvgIpc) is 2.59. The highest BCUT2D eigenvalue weighted by atomic mass is 35.5. The number of halogens is 1. The predicted molar refractivity (Wildman–Crippen MR) is 109 cm³/mol. The van der Waals surface area contributed by atoms with Crippen molar-refractivity contribution in [2.75, 3.05) is 22.5 Å². The van der Waals surface area contributed by atoms with E-state index in [-0.39, 0.29) is 0 Å². The number of ether oxygens (including phenoxy) is 1. The van der Waals surface area contributed by atoms with Gasteiger partial charge in [0.05, 0.1) is 18.6 Å². The lowest BCUT2D eigenvalue weighted by atomic mass is 10.2. The Balaban J connectivity index is 2.30. The number of anilines is 2. The summed E-state index contributed by atoms with van der Waals surface area (Å²) in [6.07, 6.45) is 1.07. The molecule has 0 fully saturated rings. The molecule has 1 amide bonds. The fraction of sp³-hybridized carbons (Fsp3) is 0.316. The van der Waals surface area contributed by atoms with E-state index in [4.69, 9.17) is 16.3 Å². The van der Waals surface area contributed by atoms with Crippen molar-refractivity contribution in [1.82, 2.24) is 0 Å². The predicted octanol–water partition coefficient (Wildman–Crippen LogP) is 3.84. The third-order valence-corrected chi connectivity index (χ3v) is 5.67. The largest absolute Gasteiger partial charge is 0.494 e. The molecule has 1 atom stereocenters. The van der Waals surface area contributed by atoms with Crippen LogP contribution in [-0.2, 0) is 14.8 Å². The molecule has 1 N–H and O–H groups in total. The van der Waals surface area contributed by atoms with Crippen molar-refractivity contribution in [3.05, 3.63) is 53.1 Å². The number of carbonyl (C=O) groups excluding carboxylic acids is 1. The minimum atomic E-state index is -3.69. The van der Waals surface area contributed by atoms with Crippen molar-refractivity contribution in [2.45, 2.75) is 26.8 Å². The summed E-state index contributed by atoms with van der Waals surface area (Å²) in [5.74, 6) is 0.168. The third-order valence-electron chi connectivity index (χ3n) is 4.02. The molecular formula is C19H23ClN2O4S. The second kappa shape index (κ2) is 8.63. The Labute approximate surface area is 165 Å². The summed E-state index contributed by atoms with van der Waals surface area (Å²) in [6.45, 7) is 5.68. The first-order valence-corrected chi connectivity index (χ1v) is 10.7. The zero-order valence-electron chi connectivity index (χ0n) is 15.7. The fourth-order valence-electron chi connectivity index (χ4n) is 2.64. The van der Waals surface area contributed by atoms with E-state index in [0.717, 1.165) is 10.6 Å². The topological polar surface area (TPSA) is 75.7 Å². The molecule has 0 aromatic heterocycles. The van der Waals surface area contributed by atoms with Gasteiger partial charge in [0.25, 0.3) is 0 Å². The molecule has 2 aromatic carbocycles. The van der Waals surface area contributed by atoms with Crippen LogP contribution < -0.4 is 14.4 Å². The molecule has 0 heterocycles. The number of rotatable bonds is 7. The summed E-state index contributed by atoms with van der Waals surface area (Å²) >= 11 is 6.08. The third kappa shape index (κ3) is 5.14. The van der Waals surface area contributed by atoms with Gasteiger partial charge in [-0.25, -0.2) is 8.42 Å². The molecule has 0 aliphatic carbocycles. The minimum absolute atomic E-state index is 0.381. The first-order chi connectivity index (χ1) is 12.6. The van der Waals surface area contributed by atoms with Crippen molar-refractivity contribution in [3.8, 4) is 5.75 Å². The van der Waals surface area contributed by atoms with Crippen molar-refractivity contribution >= 4 is 38.9 Å². The summed E-state index contributed by atoms with van der Waals surface area (Å²) in [5, 5.41) is 3.27. The van der Waals surface area contributed by atoms with Crippen LogP contribution >= 0.6 is 11.6 Å². The van der Waals surface area contributed by atoms with Gasteiger partial charge in [-0.05, 0) is 62.7 Å². The van der Waals surface area contributed by atoms with Gasteiger partial charge in [-0.1, -0.05) is 17.7 Å². The Kier molecular flexibility index (Phi) is 6.73. The van der Waals surface area contributed by atoms with Gasteiger partial charge in [-0.3, -0.25) is 9.10 Å². The van der Waals surface area contributed by atoms with E-state index in [1.54, 1.807) is 49.4 Å². The summed E-state index contributed by atoms with van der Waals surface area (Å²) in [6, 6.07) is 10.8. The summed E-state index contributed by atoms with van der Waals surface area (Å²) in [5.41, 5.74) is 1.64. The van der Waals surface area contributed by atoms with E-state index >= 15 is 0 Å². The fourth-order valence-corrected chi connectivity index (χ4v) is 3.99. The van der Waals surface area contributed by atoms with E-state index in [0.29, 0.717) is 34.3 Å². The van der Waals surface area contributed by atoms with Crippen molar-refractivity contribution in [2.24, 2.45) is 0 Å². The van der Waals surface area contributed by atoms with Crippen LogP contribution in [0.1, 0.15) is 19.4 Å². The maximum atomic E-state index is 12.7. The highest BCUT2D eigenvalue weighted by molar-refractivity contribution is 7.92. The van der Waals surface area contributed by atoms with Gasteiger partial charge in [0.2, 0.25) is 15.9 Å². The van der Waals surface area contributed by atoms with Gasteiger partial charge in [0, 0.05) is 10.7 Å². The van der Waals surface area contributed by atoms with Crippen LogP contribution in [-0.4, -0.2) is 33.2 Å². The molecule has 27 heavy (non-hydrogen) atoms. The molecular weight excluding hydrogens is 388 g/mol. The minimum Gasteiger partial charge on any atom is -0.494 e. The lowest BCUT2D eigenvalue weighted by molar-refractivity contribution is -0.116. The van der Waals surface area contributed by atoms with Crippen LogP contribution in [0.4, 0.5) is 11.4 Å². The van der Waals surface area contributed by atoms with E-state index in [1.807, 2.05) is 6.92 Å². The Bertz CT molecular complexity index is 914. The number of amides is 1. The summed E-state index contributed by atoms with van der Waals surface area (Å²) in [4.78, 5) is 12.7. The molecule has 2 rings (SSSR count). The van der Waals surface area contributed by atoms with Crippen LogP contribution in [0.25, 0.3) is 0 Å². The zero-order valence-corrected chi connectivity index (χ0v) is 17.3. The lowest BCUT2D eigenvalue weighted by Crippen LogP contribution is -2.45. The van der Waals surface area contributed by atoms with E-state index in [2.05, 4.69) is 5.32 Å². The average molecular weight is 411 g/mol. The second-order valence-corrected chi connectivity index (χ2v) is 8.33. The Morgan fingerprint density at radius 1 is 1.22 bits per heavy atom. The quantitative estimate of drug-likeness (QED) is 0.752. The van der Waals surface area contributed by atoms with Gasteiger partial charge >= 0.3 is 0 Å². The number of hydrogen-bond donors (Lipinski definition) is 1. The molecule has 0 saturated carbocycles. The molecule has 8 heteroatoms. The smallest absolute Gasteiger partial charge is 0.248 e. The van der Waals surface area contributed by atoms with Crippen molar-refractivity contribution < 1.29 is 17.9 Å². The zero-order chi connectivity index (χ0) is 20.2. The first kappa shape index (κ1) is 21.1. The van der Waals surface area contributed by atoms with Gasteiger partial charge < -0.3 is 10.1 Å². The number of hydrogen-bond acceptors (Lipinski definition) is 4. The summed E-state index contributed by atoms with van der Waals surface area (Å²) < 4.78 is 31.2. The SMILES string of the molecule is CCOc1ccc(N(C(C)C(=O)Nc2cccc(Cl)c2C)S(C)(=O)=O)cc1. The van der Waals surface area contributed by atoms with Gasteiger partial charge in [0.1, 0.15) is 11.8 Å². The summed E-state index contributed by atoms with van der Waals surface area (Å²) in [7, 11) is -3.69. The highest BCUT2D eigenvalue weighted by Gasteiger charge is 2.29. The van der Waals surface area contributed by atoms with E-state index in [9.17, 15) is 13.2 Å². The van der Waals surface area contributed by atoms with Crippen LogP contribution in [0.15, 0.2) is 42.5 Å². The second-order valence-electron chi connectivity index (χ2n) is 6.06. The molecule has 0 radical (unpaired) electrons. The van der Waals surface area contributed by atoms with Gasteiger partial charge in [0.15, 0.2) is 0 Å². The Morgan fingerprint density at radius 3 is 2.41 bits per heavy atom. The number of carbonyl (C=O) groups is 1. The Morgan fingerprint density at radius 2 is 1.85 bits per heavy atom. The molecule has 0 spiro atoms. The number of benzene rings is 2. The molecule has 0 aliphatic heterocycles. The first-order valence-electron chi connectivity index (χ1n) is 8.43. The maximum absolute atomic E-state index is 12.7. The standard InChI is InChI=1S/C19H23ClN2O4S/c1-5-26-16-11-9-15(10-12-16)22(27(4,24)25)14(3)19(23)21-18-8-6-7-17(20)13(18)2/h6-12,14H,5H2,1-4H3,(H,21,23). The highest BCUT2D eigenvalue weighted by Crippen LogP contribution is 2.26. The lowest BCUT2D eigenvalue weighted by Gasteiger charge is -2.28. The van der Waals surface area contributed by atoms with Crippen LogP contribution in [0.2, 0.25) is 5.02 Å². The van der Waals surface area contributed by atoms with Crippen LogP contribution in [0, 0.1) is 6.92 Å². The molecule has 0 bridgehead atoms. The van der Waals surface area contributed by atoms with Crippen molar-refractivity contribution in [1.29, 1.82) is 0 Å². The molecule has 0 saturated heterocycles. The van der Waals surface area contributed by atoms with Crippen molar-refractivity contribution in [3.63, 3.8) is 0 Å². The number of nitrogens with one attached hydrogen (secondary N) is 1.